The van der Waals surface area contributed by atoms with Crippen LogP contribution in [-0.2, 0) is 11.5 Å². The number of hydrogen-bond acceptors (Lipinski definition) is 2. The Morgan fingerprint density at radius 1 is 1.33 bits per heavy atom. The standard InChI is InChI=1S/C13H19ClN2OS/c1-18(2,3)9-8-17-10-16-7-5-11-12(14)4-6-15-13(11)16/h4-7H,8-10H2,1-3H3. The second kappa shape index (κ2) is 5.51. The van der Waals surface area contributed by atoms with E-state index in [1.54, 1.807) is 12.3 Å². The van der Waals surface area contributed by atoms with Crippen LogP contribution in [0.25, 0.3) is 11.0 Å². The summed E-state index contributed by atoms with van der Waals surface area (Å²) in [6.07, 6.45) is 10.6. The van der Waals surface area contributed by atoms with E-state index in [9.17, 15) is 0 Å². The molecule has 0 bridgehead atoms. The molecule has 3 nitrogen and oxygen atoms in total. The highest BCUT2D eigenvalue weighted by Gasteiger charge is 2.06. The summed E-state index contributed by atoms with van der Waals surface area (Å²) in [5.74, 6) is 1.13. The molecule has 5 heteroatoms. The van der Waals surface area contributed by atoms with Gasteiger partial charge in [-0.05, 0) is 30.9 Å². The van der Waals surface area contributed by atoms with Gasteiger partial charge in [-0.3, -0.25) is 0 Å². The lowest BCUT2D eigenvalue weighted by Gasteiger charge is -2.24. The summed E-state index contributed by atoms with van der Waals surface area (Å²) in [6, 6.07) is 3.78. The Hall–Kier alpha value is -0.710. The normalized spacial score (nSPS) is 13.1. The van der Waals surface area contributed by atoms with Crippen molar-refractivity contribution in [1.82, 2.24) is 9.55 Å². The fraction of sp³-hybridized carbons (Fsp3) is 0.462. The molecule has 0 radical (unpaired) electrons. The molecule has 0 unspecified atom stereocenters. The van der Waals surface area contributed by atoms with E-state index in [2.05, 4.69) is 23.8 Å². The number of fused-ring (bicyclic) bond motifs is 1. The largest absolute Gasteiger partial charge is 0.360 e. The highest BCUT2D eigenvalue weighted by molar-refractivity contribution is 8.32. The molecule has 0 aliphatic rings. The van der Waals surface area contributed by atoms with Crippen LogP contribution in [-0.4, -0.2) is 40.7 Å². The Morgan fingerprint density at radius 2 is 2.11 bits per heavy atom. The van der Waals surface area contributed by atoms with Crippen molar-refractivity contribution in [2.45, 2.75) is 6.73 Å². The van der Waals surface area contributed by atoms with Gasteiger partial charge in [0.15, 0.2) is 0 Å². The zero-order valence-electron chi connectivity index (χ0n) is 11.0. The van der Waals surface area contributed by atoms with Crippen LogP contribution in [0.15, 0.2) is 24.5 Å². The van der Waals surface area contributed by atoms with Crippen molar-refractivity contribution in [1.29, 1.82) is 0 Å². The highest BCUT2D eigenvalue weighted by Crippen LogP contribution is 2.33. The second-order valence-electron chi connectivity index (χ2n) is 5.15. The quantitative estimate of drug-likeness (QED) is 0.788. The maximum absolute atomic E-state index is 6.10. The Labute approximate surface area is 114 Å². The van der Waals surface area contributed by atoms with Crippen LogP contribution in [0.2, 0.25) is 5.02 Å². The van der Waals surface area contributed by atoms with Gasteiger partial charge in [-0.1, -0.05) is 11.6 Å². The van der Waals surface area contributed by atoms with Crippen molar-refractivity contribution >= 4 is 32.7 Å². The van der Waals surface area contributed by atoms with Gasteiger partial charge >= 0.3 is 0 Å². The molecule has 18 heavy (non-hydrogen) atoms. The molecule has 0 fully saturated rings. The van der Waals surface area contributed by atoms with Gasteiger partial charge < -0.3 is 9.30 Å². The maximum Gasteiger partial charge on any atom is 0.143 e. The first-order valence-electron chi connectivity index (χ1n) is 5.80. The summed E-state index contributed by atoms with van der Waals surface area (Å²) < 4.78 is 7.69. The molecule has 0 aliphatic heterocycles. The van der Waals surface area contributed by atoms with Crippen molar-refractivity contribution in [2.24, 2.45) is 0 Å². The maximum atomic E-state index is 6.10. The average Bonchev–Trinajstić information content (AvgIpc) is 2.68. The topological polar surface area (TPSA) is 27.1 Å². The van der Waals surface area contributed by atoms with Crippen molar-refractivity contribution in [3.8, 4) is 0 Å². The van der Waals surface area contributed by atoms with E-state index in [0.717, 1.165) is 28.4 Å². The molecule has 0 amide bonds. The predicted octanol–water partition coefficient (Wildman–Crippen LogP) is 3.36. The van der Waals surface area contributed by atoms with Gasteiger partial charge in [-0.15, -0.1) is 0 Å². The zero-order valence-corrected chi connectivity index (χ0v) is 12.6. The molecule has 0 aromatic carbocycles. The zero-order chi connectivity index (χ0) is 13.2. The van der Waals surface area contributed by atoms with Crippen LogP contribution in [0, 0.1) is 0 Å². The highest BCUT2D eigenvalue weighted by atomic mass is 35.5. The van der Waals surface area contributed by atoms with E-state index in [-0.39, 0.29) is 0 Å². The minimum atomic E-state index is -0.485. The van der Waals surface area contributed by atoms with Crippen molar-refractivity contribution in [2.75, 3.05) is 31.1 Å². The number of rotatable bonds is 5. The Balaban J connectivity index is 1.98. The lowest BCUT2D eigenvalue weighted by atomic mass is 10.3. The third kappa shape index (κ3) is 3.40. The summed E-state index contributed by atoms with van der Waals surface area (Å²) in [6.45, 7) is 1.32. The van der Waals surface area contributed by atoms with Crippen LogP contribution in [0.1, 0.15) is 0 Å². The van der Waals surface area contributed by atoms with E-state index in [0.29, 0.717) is 6.73 Å². The fourth-order valence-corrected chi connectivity index (χ4v) is 2.46. The summed E-state index contributed by atoms with van der Waals surface area (Å²) in [4.78, 5) is 4.33. The number of ether oxygens (including phenoxy) is 1. The Kier molecular flexibility index (Phi) is 4.20. The molecular weight excluding hydrogens is 268 g/mol. The van der Waals surface area contributed by atoms with Gasteiger partial charge in [0.2, 0.25) is 0 Å². The molecular formula is C13H19ClN2OS. The lowest BCUT2D eigenvalue weighted by molar-refractivity contribution is 0.0924. The molecule has 0 saturated carbocycles. The molecule has 2 aromatic rings. The van der Waals surface area contributed by atoms with E-state index in [4.69, 9.17) is 16.3 Å². The minimum absolute atomic E-state index is 0.485. The van der Waals surface area contributed by atoms with Crippen molar-refractivity contribution in [3.05, 3.63) is 29.5 Å². The third-order valence-electron chi connectivity index (χ3n) is 2.68. The van der Waals surface area contributed by atoms with Gasteiger partial charge in [0.25, 0.3) is 0 Å². The number of halogens is 1. The minimum Gasteiger partial charge on any atom is -0.360 e. The van der Waals surface area contributed by atoms with E-state index < -0.39 is 10.0 Å². The van der Waals surface area contributed by atoms with E-state index in [1.165, 1.54) is 0 Å². The molecule has 0 aliphatic carbocycles. The summed E-state index contributed by atoms with van der Waals surface area (Å²) in [7, 11) is -0.485. The van der Waals surface area contributed by atoms with Gasteiger partial charge in [0, 0.05) is 23.5 Å². The fourth-order valence-electron chi connectivity index (χ4n) is 1.63. The van der Waals surface area contributed by atoms with Crippen LogP contribution in [0.5, 0.6) is 0 Å². The van der Waals surface area contributed by atoms with Gasteiger partial charge in [0.05, 0.1) is 11.6 Å². The second-order valence-corrected chi connectivity index (χ2v) is 10.1. The Bertz CT molecular complexity index is 533. The van der Waals surface area contributed by atoms with Crippen LogP contribution >= 0.6 is 21.6 Å². The monoisotopic (exact) mass is 286 g/mol. The third-order valence-corrected chi connectivity index (χ3v) is 4.40. The van der Waals surface area contributed by atoms with Crippen LogP contribution < -0.4 is 0 Å². The SMILES string of the molecule is CS(C)(C)CCOCn1ccc2c(Cl)ccnc21. The number of pyridine rings is 1. The first kappa shape index (κ1) is 13.7. The van der Waals surface area contributed by atoms with Crippen LogP contribution in [0.4, 0.5) is 0 Å². The summed E-state index contributed by atoms with van der Waals surface area (Å²) >= 11 is 6.10. The van der Waals surface area contributed by atoms with Gasteiger partial charge in [-0.2, -0.15) is 0 Å². The molecule has 0 spiro atoms. The number of nitrogens with zero attached hydrogens (tertiary/aromatic N) is 2. The first-order chi connectivity index (χ1) is 8.47. The predicted molar refractivity (Wildman–Crippen MR) is 80.9 cm³/mol. The molecule has 0 atom stereocenters. The smallest absolute Gasteiger partial charge is 0.143 e. The van der Waals surface area contributed by atoms with Gasteiger partial charge in [0.1, 0.15) is 12.4 Å². The molecule has 2 heterocycles. The van der Waals surface area contributed by atoms with E-state index in [1.807, 2.05) is 16.8 Å². The molecule has 2 aromatic heterocycles. The summed E-state index contributed by atoms with van der Waals surface area (Å²) in [5.41, 5.74) is 0.880. The number of aromatic nitrogens is 2. The summed E-state index contributed by atoms with van der Waals surface area (Å²) in [5, 5.41) is 1.71. The molecule has 100 valence electrons. The lowest BCUT2D eigenvalue weighted by Crippen LogP contribution is -2.09. The average molecular weight is 287 g/mol. The number of hydrogen-bond donors (Lipinski definition) is 0. The molecule has 0 saturated heterocycles. The first-order valence-corrected chi connectivity index (χ1v) is 9.21. The van der Waals surface area contributed by atoms with E-state index >= 15 is 0 Å². The van der Waals surface area contributed by atoms with Gasteiger partial charge in [-0.25, -0.2) is 15.0 Å². The van der Waals surface area contributed by atoms with Crippen molar-refractivity contribution in [3.63, 3.8) is 0 Å². The molecule has 2 rings (SSSR count). The Morgan fingerprint density at radius 3 is 2.83 bits per heavy atom. The molecule has 0 N–H and O–H groups in total. The van der Waals surface area contributed by atoms with Crippen LogP contribution in [0.3, 0.4) is 0 Å². The van der Waals surface area contributed by atoms with Crippen molar-refractivity contribution < 1.29 is 4.74 Å².